The summed E-state index contributed by atoms with van der Waals surface area (Å²) in [6.45, 7) is 0.425. The quantitative estimate of drug-likeness (QED) is 0.566. The van der Waals surface area contributed by atoms with E-state index < -0.39 is 5.82 Å². The highest BCUT2D eigenvalue weighted by atomic mass is 35.5. The highest BCUT2D eigenvalue weighted by molar-refractivity contribution is 6.32. The molecule has 4 N–H and O–H groups in total. The van der Waals surface area contributed by atoms with Crippen LogP contribution in [0.15, 0.2) is 30.5 Å². The molecule has 3 rings (SSSR count). The van der Waals surface area contributed by atoms with E-state index in [1.807, 2.05) is 6.07 Å². The summed E-state index contributed by atoms with van der Waals surface area (Å²) in [6, 6.07) is 5.99. The topological polar surface area (TPSA) is 103 Å². The maximum absolute atomic E-state index is 13.9. The van der Waals surface area contributed by atoms with Crippen LogP contribution in [-0.4, -0.2) is 26.9 Å². The van der Waals surface area contributed by atoms with Crippen LogP contribution in [0.4, 0.5) is 33.3 Å². The lowest BCUT2D eigenvalue weighted by atomic mass is 10.2. The summed E-state index contributed by atoms with van der Waals surface area (Å²) in [5.74, 6) is 0.560. The second kappa shape index (κ2) is 7.54. The van der Waals surface area contributed by atoms with Crippen molar-refractivity contribution >= 4 is 40.6 Å². The number of benzene rings is 1. The van der Waals surface area contributed by atoms with Crippen LogP contribution in [0.1, 0.15) is 5.69 Å². The third-order valence-electron chi connectivity index (χ3n) is 3.50. The number of ether oxygens (including phenoxy) is 1. The molecule has 0 spiro atoms. The van der Waals surface area contributed by atoms with Gasteiger partial charge in [0, 0.05) is 25.9 Å². The van der Waals surface area contributed by atoms with Crippen LogP contribution in [0.5, 0.6) is 0 Å². The summed E-state index contributed by atoms with van der Waals surface area (Å²) in [7, 11) is 3.41. The van der Waals surface area contributed by atoms with Crippen LogP contribution < -0.4 is 16.4 Å². The van der Waals surface area contributed by atoms with Crippen LogP contribution in [0.25, 0.3) is 0 Å². The Bertz CT molecular complexity index is 931. The standard InChI is InChI=1S/C16H17ClFN7O/c1-25-10(8-26-2)6-14(24-25)22-16-20-7-11(17)15(23-16)21-13-5-9(19)3-4-12(13)18/h3-7H,8,19H2,1-2H3,(H2,20,21,22,23,24). The maximum atomic E-state index is 13.9. The van der Waals surface area contributed by atoms with Gasteiger partial charge < -0.3 is 21.1 Å². The third-order valence-corrected chi connectivity index (χ3v) is 3.77. The summed E-state index contributed by atoms with van der Waals surface area (Å²) < 4.78 is 20.7. The first-order chi connectivity index (χ1) is 12.5. The van der Waals surface area contributed by atoms with Gasteiger partial charge in [0.15, 0.2) is 11.6 Å². The lowest BCUT2D eigenvalue weighted by molar-refractivity contribution is 0.178. The number of nitrogens with zero attached hydrogens (tertiary/aromatic N) is 4. The Labute approximate surface area is 154 Å². The van der Waals surface area contributed by atoms with Gasteiger partial charge in [-0.25, -0.2) is 9.37 Å². The van der Waals surface area contributed by atoms with E-state index in [9.17, 15) is 4.39 Å². The molecule has 2 aromatic heterocycles. The van der Waals surface area contributed by atoms with Gasteiger partial charge in [0.25, 0.3) is 0 Å². The number of nitrogens with two attached hydrogens (primary N) is 1. The van der Waals surface area contributed by atoms with Crippen molar-refractivity contribution in [2.45, 2.75) is 6.61 Å². The summed E-state index contributed by atoms with van der Waals surface area (Å²) in [6.07, 6.45) is 1.41. The van der Waals surface area contributed by atoms with Crippen molar-refractivity contribution in [3.05, 3.63) is 47.0 Å². The normalized spacial score (nSPS) is 10.8. The summed E-state index contributed by atoms with van der Waals surface area (Å²) in [5, 5.41) is 10.3. The van der Waals surface area contributed by atoms with Gasteiger partial charge in [-0.1, -0.05) is 11.6 Å². The first-order valence-electron chi connectivity index (χ1n) is 7.59. The maximum Gasteiger partial charge on any atom is 0.230 e. The average Bonchev–Trinajstić information content (AvgIpc) is 2.94. The molecule has 0 aliphatic heterocycles. The fraction of sp³-hybridized carbons (Fsp3) is 0.188. The molecule has 0 saturated carbocycles. The molecule has 26 heavy (non-hydrogen) atoms. The highest BCUT2D eigenvalue weighted by Crippen LogP contribution is 2.27. The van der Waals surface area contributed by atoms with Crippen LogP contribution in [0.2, 0.25) is 5.02 Å². The van der Waals surface area contributed by atoms with Crippen LogP contribution in [-0.2, 0) is 18.4 Å². The minimum absolute atomic E-state index is 0.164. The number of rotatable bonds is 6. The van der Waals surface area contributed by atoms with Crippen molar-refractivity contribution < 1.29 is 9.13 Å². The number of anilines is 5. The smallest absolute Gasteiger partial charge is 0.230 e. The van der Waals surface area contributed by atoms with Crippen molar-refractivity contribution in [3.8, 4) is 0 Å². The Morgan fingerprint density at radius 1 is 1.31 bits per heavy atom. The first kappa shape index (κ1) is 17.9. The van der Waals surface area contributed by atoms with E-state index in [0.29, 0.717) is 18.1 Å². The van der Waals surface area contributed by atoms with Crippen LogP contribution in [0, 0.1) is 5.82 Å². The molecule has 0 atom stereocenters. The van der Waals surface area contributed by atoms with E-state index in [2.05, 4.69) is 25.7 Å². The summed E-state index contributed by atoms with van der Waals surface area (Å²) >= 11 is 6.11. The SMILES string of the molecule is COCc1cc(Nc2ncc(Cl)c(Nc3cc(N)ccc3F)n2)nn1C. The Morgan fingerprint density at radius 3 is 2.88 bits per heavy atom. The highest BCUT2D eigenvalue weighted by Gasteiger charge is 2.11. The monoisotopic (exact) mass is 377 g/mol. The van der Waals surface area contributed by atoms with E-state index >= 15 is 0 Å². The van der Waals surface area contributed by atoms with E-state index in [4.69, 9.17) is 22.1 Å². The van der Waals surface area contributed by atoms with Gasteiger partial charge in [0.1, 0.15) is 10.8 Å². The molecular weight excluding hydrogens is 361 g/mol. The van der Waals surface area contributed by atoms with Gasteiger partial charge in [0.05, 0.1) is 24.2 Å². The first-order valence-corrected chi connectivity index (χ1v) is 7.97. The van der Waals surface area contributed by atoms with E-state index in [1.54, 1.807) is 18.8 Å². The van der Waals surface area contributed by atoms with E-state index in [1.165, 1.54) is 24.4 Å². The number of halogens is 2. The second-order valence-corrected chi connectivity index (χ2v) is 5.86. The Hall–Kier alpha value is -2.91. The minimum atomic E-state index is -0.475. The number of hydrogen-bond donors (Lipinski definition) is 3. The van der Waals surface area contributed by atoms with Crippen molar-refractivity contribution in [1.29, 1.82) is 0 Å². The zero-order valence-electron chi connectivity index (χ0n) is 14.1. The number of methoxy groups -OCH3 is 1. The van der Waals surface area contributed by atoms with Crippen molar-refractivity contribution in [2.75, 3.05) is 23.5 Å². The molecule has 1 aromatic carbocycles. The predicted octanol–water partition coefficient (Wildman–Crippen LogP) is 3.22. The molecule has 0 aliphatic rings. The van der Waals surface area contributed by atoms with Gasteiger partial charge in [-0.05, 0) is 18.2 Å². The van der Waals surface area contributed by atoms with E-state index in [-0.39, 0.29) is 22.5 Å². The number of aromatic nitrogens is 4. The lowest BCUT2D eigenvalue weighted by Crippen LogP contribution is -2.03. The molecule has 0 bridgehead atoms. The zero-order valence-corrected chi connectivity index (χ0v) is 14.9. The Balaban J connectivity index is 1.83. The molecule has 136 valence electrons. The molecule has 2 heterocycles. The molecular formula is C16H17ClFN7O. The summed E-state index contributed by atoms with van der Waals surface area (Å²) in [5.41, 5.74) is 7.14. The molecule has 8 nitrogen and oxygen atoms in total. The van der Waals surface area contributed by atoms with Gasteiger partial charge in [-0.2, -0.15) is 10.1 Å². The van der Waals surface area contributed by atoms with Gasteiger partial charge in [-0.3, -0.25) is 4.68 Å². The summed E-state index contributed by atoms with van der Waals surface area (Å²) in [4.78, 5) is 8.37. The van der Waals surface area contributed by atoms with E-state index in [0.717, 1.165) is 5.69 Å². The molecule has 0 radical (unpaired) electrons. The third kappa shape index (κ3) is 4.01. The molecule has 10 heteroatoms. The van der Waals surface area contributed by atoms with Gasteiger partial charge >= 0.3 is 0 Å². The van der Waals surface area contributed by atoms with Gasteiger partial charge in [-0.15, -0.1) is 0 Å². The number of nitrogens with one attached hydrogen (secondary N) is 2. The molecule has 0 unspecified atom stereocenters. The molecule has 0 amide bonds. The minimum Gasteiger partial charge on any atom is -0.399 e. The fourth-order valence-corrected chi connectivity index (χ4v) is 2.38. The number of aryl methyl sites for hydroxylation is 1. The lowest BCUT2D eigenvalue weighted by Gasteiger charge is -2.10. The molecule has 0 aliphatic carbocycles. The molecule has 3 aromatic rings. The number of nitrogen functional groups attached to an aromatic ring is 1. The largest absolute Gasteiger partial charge is 0.399 e. The van der Waals surface area contributed by atoms with Gasteiger partial charge in [0.2, 0.25) is 5.95 Å². The van der Waals surface area contributed by atoms with Crippen LogP contribution >= 0.6 is 11.6 Å². The zero-order chi connectivity index (χ0) is 18.7. The van der Waals surface area contributed by atoms with Crippen molar-refractivity contribution in [2.24, 2.45) is 7.05 Å². The van der Waals surface area contributed by atoms with Crippen molar-refractivity contribution in [3.63, 3.8) is 0 Å². The Morgan fingerprint density at radius 2 is 2.12 bits per heavy atom. The average molecular weight is 378 g/mol. The molecule has 0 fully saturated rings. The second-order valence-electron chi connectivity index (χ2n) is 5.46. The molecule has 0 saturated heterocycles. The fourth-order valence-electron chi connectivity index (χ4n) is 2.25. The van der Waals surface area contributed by atoms with Crippen molar-refractivity contribution in [1.82, 2.24) is 19.7 Å². The Kier molecular flexibility index (Phi) is 5.19. The van der Waals surface area contributed by atoms with Crippen LogP contribution in [0.3, 0.4) is 0 Å². The predicted molar refractivity (Wildman–Crippen MR) is 98.3 cm³/mol. The number of hydrogen-bond acceptors (Lipinski definition) is 7.